The van der Waals surface area contributed by atoms with E-state index in [2.05, 4.69) is 75.0 Å². The molecule has 0 spiro atoms. The molecule has 0 bridgehead atoms. The maximum absolute atomic E-state index is 6.59. The second kappa shape index (κ2) is 6.55. The topological polar surface area (TPSA) is 27.1 Å². The molecule has 0 amide bonds. The molecule has 0 saturated heterocycles. The summed E-state index contributed by atoms with van der Waals surface area (Å²) >= 11 is 2.41. The number of nitrogens with zero attached hydrogens (tertiary/aromatic N) is 2. The molecule has 1 aromatic rings. The van der Waals surface area contributed by atoms with Crippen LogP contribution in [-0.2, 0) is 4.43 Å². The standard InChI is InChI=1S/C17H31IN2OSi/c1-12-16(18)13(2)20(19-12)14-8-10-15(11-9-14)21-22(6,7)17(3,4)5/h14-15H,8-11H2,1-7H3. The lowest BCUT2D eigenvalue weighted by Gasteiger charge is -2.41. The van der Waals surface area contributed by atoms with Crippen molar-refractivity contribution in [2.24, 2.45) is 0 Å². The van der Waals surface area contributed by atoms with Crippen LogP contribution in [0.1, 0.15) is 63.9 Å². The Hall–Kier alpha value is 0.117. The van der Waals surface area contributed by atoms with Gasteiger partial charge in [0.05, 0.1) is 15.3 Å². The maximum atomic E-state index is 6.59. The number of hydrogen-bond acceptors (Lipinski definition) is 2. The third kappa shape index (κ3) is 3.78. The molecule has 5 heteroatoms. The Morgan fingerprint density at radius 2 is 1.68 bits per heavy atom. The highest BCUT2D eigenvalue weighted by Crippen LogP contribution is 2.40. The van der Waals surface area contributed by atoms with Gasteiger partial charge in [-0.25, -0.2) is 0 Å². The maximum Gasteiger partial charge on any atom is 0.192 e. The molecular formula is C17H31IN2OSi. The molecule has 2 rings (SSSR count). The number of hydrogen-bond donors (Lipinski definition) is 0. The first-order valence-electron chi connectivity index (χ1n) is 8.42. The Balaban J connectivity index is 1.98. The minimum Gasteiger partial charge on any atom is -0.414 e. The van der Waals surface area contributed by atoms with Gasteiger partial charge < -0.3 is 4.43 Å². The third-order valence-corrected chi connectivity index (χ3v) is 11.6. The van der Waals surface area contributed by atoms with E-state index in [0.29, 0.717) is 17.2 Å². The van der Waals surface area contributed by atoms with Gasteiger partial charge in [-0.05, 0) is 80.3 Å². The normalized spacial score (nSPS) is 23.8. The summed E-state index contributed by atoms with van der Waals surface area (Å²) in [5, 5.41) is 5.05. The van der Waals surface area contributed by atoms with Gasteiger partial charge in [-0.1, -0.05) is 20.8 Å². The molecule has 0 aromatic carbocycles. The molecule has 126 valence electrons. The SMILES string of the molecule is Cc1nn(C2CCC(O[Si](C)(C)C(C)(C)C)CC2)c(C)c1I. The van der Waals surface area contributed by atoms with Crippen LogP contribution in [0.15, 0.2) is 0 Å². The molecule has 0 radical (unpaired) electrons. The molecular weight excluding hydrogens is 403 g/mol. The molecule has 1 fully saturated rings. The lowest BCUT2D eigenvalue weighted by Crippen LogP contribution is -2.44. The first-order chi connectivity index (χ1) is 10.0. The molecule has 1 saturated carbocycles. The van der Waals surface area contributed by atoms with Crippen LogP contribution >= 0.6 is 22.6 Å². The molecule has 1 aliphatic carbocycles. The molecule has 0 atom stereocenters. The summed E-state index contributed by atoms with van der Waals surface area (Å²) in [7, 11) is -1.63. The summed E-state index contributed by atoms with van der Waals surface area (Å²) in [6, 6.07) is 0.557. The summed E-state index contributed by atoms with van der Waals surface area (Å²) in [6.07, 6.45) is 5.18. The quantitative estimate of drug-likeness (QED) is 0.457. The van der Waals surface area contributed by atoms with Crippen LogP contribution in [0.2, 0.25) is 18.1 Å². The minimum atomic E-state index is -1.63. The van der Waals surface area contributed by atoms with E-state index in [1.54, 1.807) is 0 Å². The highest BCUT2D eigenvalue weighted by atomic mass is 127. The van der Waals surface area contributed by atoms with Crippen LogP contribution < -0.4 is 0 Å². The van der Waals surface area contributed by atoms with Gasteiger partial charge in [0.1, 0.15) is 0 Å². The predicted molar refractivity (Wildman–Crippen MR) is 104 cm³/mol. The first-order valence-corrected chi connectivity index (χ1v) is 12.4. The van der Waals surface area contributed by atoms with E-state index >= 15 is 0 Å². The van der Waals surface area contributed by atoms with Crippen molar-refractivity contribution in [1.29, 1.82) is 0 Å². The monoisotopic (exact) mass is 434 g/mol. The first kappa shape index (κ1) is 18.5. The minimum absolute atomic E-state index is 0.301. The predicted octanol–water partition coefficient (Wildman–Crippen LogP) is 5.61. The van der Waals surface area contributed by atoms with Crippen molar-refractivity contribution in [2.75, 3.05) is 0 Å². The van der Waals surface area contributed by atoms with E-state index in [-0.39, 0.29) is 0 Å². The lowest BCUT2D eigenvalue weighted by molar-refractivity contribution is 0.115. The number of aryl methyl sites for hydroxylation is 1. The Kier molecular flexibility index (Phi) is 5.50. The van der Waals surface area contributed by atoms with Crippen molar-refractivity contribution in [3.8, 4) is 0 Å². The second-order valence-electron chi connectivity index (χ2n) is 8.24. The summed E-state index contributed by atoms with van der Waals surface area (Å²) in [5.74, 6) is 0. The second-order valence-corrected chi connectivity index (χ2v) is 14.1. The van der Waals surface area contributed by atoms with E-state index in [1.165, 1.54) is 34.9 Å². The average Bonchev–Trinajstić information content (AvgIpc) is 2.66. The van der Waals surface area contributed by atoms with E-state index in [9.17, 15) is 0 Å². The Morgan fingerprint density at radius 3 is 2.09 bits per heavy atom. The summed E-state index contributed by atoms with van der Waals surface area (Å²) in [5.41, 5.74) is 2.49. The van der Waals surface area contributed by atoms with Gasteiger partial charge in [0, 0.05) is 11.8 Å². The third-order valence-electron chi connectivity index (χ3n) is 5.49. The van der Waals surface area contributed by atoms with Crippen molar-refractivity contribution in [2.45, 2.75) is 90.6 Å². The Morgan fingerprint density at radius 1 is 1.14 bits per heavy atom. The average molecular weight is 434 g/mol. The summed E-state index contributed by atoms with van der Waals surface area (Å²) in [6.45, 7) is 16.0. The highest BCUT2D eigenvalue weighted by Gasteiger charge is 2.40. The molecule has 3 nitrogen and oxygen atoms in total. The summed E-state index contributed by atoms with van der Waals surface area (Å²) < 4.78 is 10.2. The van der Waals surface area contributed by atoms with Crippen molar-refractivity contribution < 1.29 is 4.43 Å². The Bertz CT molecular complexity index is 525. The van der Waals surface area contributed by atoms with E-state index < -0.39 is 8.32 Å². The number of rotatable bonds is 3. The van der Waals surface area contributed by atoms with E-state index in [1.807, 2.05) is 0 Å². The fourth-order valence-corrected chi connectivity index (χ4v) is 4.78. The van der Waals surface area contributed by atoms with Crippen molar-refractivity contribution in [3.63, 3.8) is 0 Å². The van der Waals surface area contributed by atoms with Crippen LogP contribution in [0.4, 0.5) is 0 Å². The fourth-order valence-electron chi connectivity index (χ4n) is 3.00. The molecule has 1 heterocycles. The van der Waals surface area contributed by atoms with Crippen LogP contribution in [0.25, 0.3) is 0 Å². The van der Waals surface area contributed by atoms with Gasteiger partial charge in [-0.15, -0.1) is 0 Å². The zero-order chi connectivity index (χ0) is 16.7. The van der Waals surface area contributed by atoms with Gasteiger partial charge in [-0.2, -0.15) is 5.10 Å². The van der Waals surface area contributed by atoms with Crippen LogP contribution in [0.3, 0.4) is 0 Å². The van der Waals surface area contributed by atoms with Gasteiger partial charge in [0.2, 0.25) is 0 Å². The summed E-state index contributed by atoms with van der Waals surface area (Å²) in [4.78, 5) is 0. The zero-order valence-corrected chi connectivity index (χ0v) is 18.3. The van der Waals surface area contributed by atoms with Gasteiger partial charge >= 0.3 is 0 Å². The highest BCUT2D eigenvalue weighted by molar-refractivity contribution is 14.1. The molecule has 22 heavy (non-hydrogen) atoms. The molecule has 0 aliphatic heterocycles. The van der Waals surface area contributed by atoms with E-state index in [4.69, 9.17) is 9.52 Å². The van der Waals surface area contributed by atoms with Crippen molar-refractivity contribution >= 4 is 30.9 Å². The Labute approximate surface area is 150 Å². The largest absolute Gasteiger partial charge is 0.414 e. The van der Waals surface area contributed by atoms with Crippen molar-refractivity contribution in [3.05, 3.63) is 15.0 Å². The van der Waals surface area contributed by atoms with Crippen molar-refractivity contribution in [1.82, 2.24) is 9.78 Å². The molecule has 1 aliphatic rings. The smallest absolute Gasteiger partial charge is 0.192 e. The van der Waals surface area contributed by atoms with Crippen LogP contribution in [-0.4, -0.2) is 24.2 Å². The van der Waals surface area contributed by atoms with Crippen LogP contribution in [0, 0.1) is 17.4 Å². The molecule has 0 unspecified atom stereocenters. The number of halogens is 1. The number of aromatic nitrogens is 2. The molecule has 0 N–H and O–H groups in total. The van der Waals surface area contributed by atoms with E-state index in [0.717, 1.165) is 5.69 Å². The van der Waals surface area contributed by atoms with Crippen LogP contribution in [0.5, 0.6) is 0 Å². The van der Waals surface area contributed by atoms with Gasteiger partial charge in [0.15, 0.2) is 8.32 Å². The zero-order valence-electron chi connectivity index (χ0n) is 15.2. The lowest BCUT2D eigenvalue weighted by atomic mass is 9.93. The molecule has 1 aromatic heterocycles. The van der Waals surface area contributed by atoms with Gasteiger partial charge in [0.25, 0.3) is 0 Å². The fraction of sp³-hybridized carbons (Fsp3) is 0.824. The van der Waals surface area contributed by atoms with Gasteiger partial charge in [-0.3, -0.25) is 4.68 Å².